The summed E-state index contributed by atoms with van der Waals surface area (Å²) in [6.45, 7) is -0.0189. The molecule has 2 heterocycles. The van der Waals surface area contributed by atoms with Gasteiger partial charge in [-0.2, -0.15) is 5.10 Å². The van der Waals surface area contributed by atoms with Crippen LogP contribution in [0.1, 0.15) is 12.2 Å². The Morgan fingerprint density at radius 2 is 1.96 bits per heavy atom. The number of benzene rings is 1. The third kappa shape index (κ3) is 3.86. The van der Waals surface area contributed by atoms with Gasteiger partial charge in [-0.3, -0.25) is 9.59 Å². The number of H-pyrrole nitrogens is 1. The van der Waals surface area contributed by atoms with Gasteiger partial charge in [0.05, 0.1) is 24.8 Å². The van der Waals surface area contributed by atoms with Gasteiger partial charge in [0.15, 0.2) is 5.65 Å². The van der Waals surface area contributed by atoms with Crippen molar-refractivity contribution in [2.24, 2.45) is 0 Å². The lowest BCUT2D eigenvalue weighted by atomic mass is 10.3. The molecule has 0 saturated carbocycles. The number of aliphatic carboxylic acids is 1. The van der Waals surface area contributed by atoms with Gasteiger partial charge in [0, 0.05) is 6.54 Å². The van der Waals surface area contributed by atoms with Gasteiger partial charge < -0.3 is 20.7 Å². The van der Waals surface area contributed by atoms with E-state index in [2.05, 4.69) is 25.7 Å². The van der Waals surface area contributed by atoms with E-state index >= 15 is 0 Å². The number of carboxylic acids is 1. The van der Waals surface area contributed by atoms with Gasteiger partial charge in [0.25, 0.3) is 5.56 Å². The van der Waals surface area contributed by atoms with Crippen LogP contribution >= 0.6 is 0 Å². The van der Waals surface area contributed by atoms with Crippen molar-refractivity contribution in [3.8, 4) is 5.69 Å². The third-order valence-electron chi connectivity index (χ3n) is 3.53. The molecular formula is C16H16N6O4. The first-order valence-corrected chi connectivity index (χ1v) is 7.80. The van der Waals surface area contributed by atoms with Gasteiger partial charge in [-0.15, -0.1) is 0 Å². The number of urea groups is 1. The molecule has 0 spiro atoms. The van der Waals surface area contributed by atoms with E-state index in [0.717, 1.165) is 5.69 Å². The molecule has 0 fully saturated rings. The standard InChI is InChI=1S/C16H16N6O4/c23-13(24)6-7-17-16(26)18-9-12-20-14-11(15(25)21-12)8-19-22(14)10-4-2-1-3-5-10/h1-5,8H,6-7,9H2,(H,23,24)(H2,17,18,26)(H,20,21,25). The molecule has 0 radical (unpaired) electrons. The topological polar surface area (TPSA) is 142 Å². The van der Waals surface area contributed by atoms with Crippen molar-refractivity contribution in [1.82, 2.24) is 30.4 Å². The smallest absolute Gasteiger partial charge is 0.315 e. The van der Waals surface area contributed by atoms with Crippen LogP contribution in [0, 0.1) is 0 Å². The summed E-state index contributed by atoms with van der Waals surface area (Å²) >= 11 is 0. The molecule has 3 aromatic rings. The number of hydrogen-bond donors (Lipinski definition) is 4. The fraction of sp³-hybridized carbons (Fsp3) is 0.188. The molecule has 4 N–H and O–H groups in total. The maximum absolute atomic E-state index is 12.2. The van der Waals surface area contributed by atoms with E-state index in [1.54, 1.807) is 4.68 Å². The zero-order valence-electron chi connectivity index (χ0n) is 13.6. The molecule has 134 valence electrons. The number of carbonyl (C=O) groups excluding carboxylic acids is 1. The van der Waals surface area contributed by atoms with Gasteiger partial charge >= 0.3 is 12.0 Å². The second-order valence-corrected chi connectivity index (χ2v) is 5.40. The van der Waals surface area contributed by atoms with Crippen LogP contribution in [0.15, 0.2) is 41.3 Å². The quantitative estimate of drug-likeness (QED) is 0.503. The Kier molecular flexibility index (Phi) is 4.92. The first kappa shape index (κ1) is 17.1. The summed E-state index contributed by atoms with van der Waals surface area (Å²) < 4.78 is 1.54. The van der Waals surface area contributed by atoms with Gasteiger partial charge in [0.2, 0.25) is 0 Å². The number of aromatic nitrogens is 4. The Bertz CT molecular complexity index is 995. The molecule has 0 aliphatic heterocycles. The van der Waals surface area contributed by atoms with Crippen LogP contribution < -0.4 is 16.2 Å². The van der Waals surface area contributed by atoms with Crippen LogP contribution in [0.4, 0.5) is 4.79 Å². The van der Waals surface area contributed by atoms with E-state index in [0.29, 0.717) is 11.0 Å². The van der Waals surface area contributed by atoms with Crippen molar-refractivity contribution in [3.05, 3.63) is 52.7 Å². The maximum atomic E-state index is 12.2. The van der Waals surface area contributed by atoms with Crippen LogP contribution in [0.5, 0.6) is 0 Å². The zero-order valence-corrected chi connectivity index (χ0v) is 13.6. The highest BCUT2D eigenvalue weighted by molar-refractivity contribution is 5.76. The normalized spacial score (nSPS) is 10.6. The average molecular weight is 356 g/mol. The molecule has 0 unspecified atom stereocenters. The molecule has 2 amide bonds. The summed E-state index contributed by atoms with van der Waals surface area (Å²) in [6, 6.07) is 8.69. The molecule has 3 rings (SSSR count). The molecule has 10 heteroatoms. The highest BCUT2D eigenvalue weighted by atomic mass is 16.4. The van der Waals surface area contributed by atoms with Crippen LogP contribution in [-0.4, -0.2) is 43.4 Å². The average Bonchev–Trinajstić information content (AvgIpc) is 3.05. The second kappa shape index (κ2) is 7.47. The summed E-state index contributed by atoms with van der Waals surface area (Å²) in [7, 11) is 0. The first-order valence-electron chi connectivity index (χ1n) is 7.80. The summed E-state index contributed by atoms with van der Waals surface area (Å²) in [5.41, 5.74) is 0.772. The van der Waals surface area contributed by atoms with Gasteiger partial charge in [-0.05, 0) is 12.1 Å². The third-order valence-corrected chi connectivity index (χ3v) is 3.53. The molecule has 10 nitrogen and oxygen atoms in total. The largest absolute Gasteiger partial charge is 0.481 e. The Balaban J connectivity index is 1.77. The van der Waals surface area contributed by atoms with Crippen molar-refractivity contribution < 1.29 is 14.7 Å². The van der Waals surface area contributed by atoms with Crippen LogP contribution in [0.2, 0.25) is 0 Å². The van der Waals surface area contributed by atoms with E-state index < -0.39 is 12.0 Å². The molecule has 1 aromatic carbocycles. The number of nitrogens with one attached hydrogen (secondary N) is 3. The Labute approximate surface area is 146 Å². The summed E-state index contributed by atoms with van der Waals surface area (Å²) in [6.07, 6.45) is 1.26. The van der Waals surface area contributed by atoms with Gasteiger partial charge in [-0.25, -0.2) is 14.5 Å². The lowest BCUT2D eigenvalue weighted by molar-refractivity contribution is -0.136. The summed E-state index contributed by atoms with van der Waals surface area (Å²) in [4.78, 5) is 41.2. The molecule has 0 aliphatic carbocycles. The van der Waals surface area contributed by atoms with Crippen LogP contribution in [0.3, 0.4) is 0 Å². The molecule has 2 aromatic heterocycles. The van der Waals surface area contributed by atoms with E-state index in [9.17, 15) is 14.4 Å². The molecule has 0 atom stereocenters. The number of carbonyl (C=O) groups is 2. The molecular weight excluding hydrogens is 340 g/mol. The molecule has 26 heavy (non-hydrogen) atoms. The fourth-order valence-corrected chi connectivity index (χ4v) is 2.32. The van der Waals surface area contributed by atoms with Crippen LogP contribution in [-0.2, 0) is 11.3 Å². The minimum absolute atomic E-state index is 0.00489. The molecule has 0 saturated heterocycles. The number of rotatable bonds is 6. The second-order valence-electron chi connectivity index (χ2n) is 5.40. The van der Waals surface area contributed by atoms with E-state index in [4.69, 9.17) is 5.11 Å². The predicted molar refractivity (Wildman–Crippen MR) is 92.0 cm³/mol. The lowest BCUT2D eigenvalue weighted by Crippen LogP contribution is -2.36. The van der Waals surface area contributed by atoms with Crippen molar-refractivity contribution in [2.75, 3.05) is 6.54 Å². The Morgan fingerprint density at radius 3 is 2.69 bits per heavy atom. The predicted octanol–water partition coefficient (Wildman–Crippen LogP) is 0.383. The summed E-state index contributed by atoms with van der Waals surface area (Å²) in [5.74, 6) is -0.746. The number of fused-ring (bicyclic) bond motifs is 1. The molecule has 0 aliphatic rings. The number of hydrogen-bond acceptors (Lipinski definition) is 5. The van der Waals surface area contributed by atoms with E-state index in [1.165, 1.54) is 6.20 Å². The SMILES string of the molecule is O=C(O)CCNC(=O)NCc1nc2c(cnn2-c2ccccc2)c(=O)[nH]1. The minimum Gasteiger partial charge on any atom is -0.481 e. The number of nitrogens with zero attached hydrogens (tertiary/aromatic N) is 3. The maximum Gasteiger partial charge on any atom is 0.315 e. The fourth-order valence-electron chi connectivity index (χ4n) is 2.32. The minimum atomic E-state index is -1.00. The van der Waals surface area contributed by atoms with Gasteiger partial charge in [-0.1, -0.05) is 18.2 Å². The van der Waals surface area contributed by atoms with Crippen molar-refractivity contribution in [3.63, 3.8) is 0 Å². The first-order chi connectivity index (χ1) is 12.5. The lowest BCUT2D eigenvalue weighted by Gasteiger charge is -2.07. The van der Waals surface area contributed by atoms with Crippen molar-refractivity contribution in [2.45, 2.75) is 13.0 Å². The van der Waals surface area contributed by atoms with Crippen molar-refractivity contribution in [1.29, 1.82) is 0 Å². The number of carboxylic acid groups (broad SMARTS) is 1. The zero-order chi connectivity index (χ0) is 18.5. The van der Waals surface area contributed by atoms with E-state index in [-0.39, 0.29) is 30.9 Å². The van der Waals surface area contributed by atoms with E-state index in [1.807, 2.05) is 30.3 Å². The Hall–Kier alpha value is -3.69. The van der Waals surface area contributed by atoms with Gasteiger partial charge in [0.1, 0.15) is 11.2 Å². The number of aromatic amines is 1. The highest BCUT2D eigenvalue weighted by Gasteiger charge is 2.12. The monoisotopic (exact) mass is 356 g/mol. The number of amides is 2. The van der Waals surface area contributed by atoms with Crippen molar-refractivity contribution >= 4 is 23.0 Å². The molecule has 0 bridgehead atoms. The van der Waals surface area contributed by atoms with Crippen LogP contribution in [0.25, 0.3) is 16.7 Å². The summed E-state index contributed by atoms with van der Waals surface area (Å²) in [5, 5.41) is 18.0. The Morgan fingerprint density at radius 1 is 1.19 bits per heavy atom. The highest BCUT2D eigenvalue weighted by Crippen LogP contribution is 2.13. The number of para-hydroxylation sites is 1.